The fourth-order valence-corrected chi connectivity index (χ4v) is 1.56. The van der Waals surface area contributed by atoms with Crippen molar-refractivity contribution < 1.29 is 9.53 Å². The molecule has 1 aliphatic carbocycles. The van der Waals surface area contributed by atoms with Crippen molar-refractivity contribution in [1.82, 2.24) is 0 Å². The van der Waals surface area contributed by atoms with Crippen LogP contribution in [0, 0.1) is 11.8 Å². The van der Waals surface area contributed by atoms with Crippen LogP contribution in [0.3, 0.4) is 0 Å². The third-order valence-electron chi connectivity index (χ3n) is 2.39. The van der Waals surface area contributed by atoms with Crippen molar-refractivity contribution in [2.45, 2.75) is 19.3 Å². The largest absolute Gasteiger partial charge is 0.380 e. The number of hydrogen-bond donors (Lipinski definition) is 0. The van der Waals surface area contributed by atoms with Gasteiger partial charge in [-0.15, -0.1) is 0 Å². The molecule has 0 amide bonds. The van der Waals surface area contributed by atoms with Gasteiger partial charge in [0.05, 0.1) is 13.2 Å². The van der Waals surface area contributed by atoms with Crippen molar-refractivity contribution in [1.29, 1.82) is 0 Å². The van der Waals surface area contributed by atoms with Crippen molar-refractivity contribution >= 4 is 5.78 Å². The molecule has 1 heterocycles. The molecule has 56 valence electrons. The molecule has 2 nitrogen and oxygen atoms in total. The summed E-state index contributed by atoms with van der Waals surface area (Å²) < 4.78 is 5.23. The first-order chi connectivity index (χ1) is 4.88. The molecule has 2 aliphatic rings. The highest BCUT2D eigenvalue weighted by molar-refractivity contribution is 5.82. The average Bonchev–Trinajstić information content (AvgIpc) is 2.71. The first-order valence-corrected chi connectivity index (χ1v) is 3.98. The molecule has 1 atom stereocenters. The maximum absolute atomic E-state index is 11.2. The summed E-state index contributed by atoms with van der Waals surface area (Å²) >= 11 is 0. The van der Waals surface area contributed by atoms with E-state index < -0.39 is 0 Å². The minimum absolute atomic E-state index is 0.272. The third kappa shape index (κ3) is 1.08. The lowest BCUT2D eigenvalue weighted by Gasteiger charge is -2.19. The molecule has 0 unspecified atom stereocenters. The molecule has 1 aliphatic heterocycles. The van der Waals surface area contributed by atoms with E-state index in [0.717, 1.165) is 0 Å². The van der Waals surface area contributed by atoms with Gasteiger partial charge >= 0.3 is 0 Å². The molecule has 0 N–H and O–H groups in total. The quantitative estimate of drug-likeness (QED) is 0.543. The zero-order chi connectivity index (χ0) is 6.97. The lowest BCUT2D eigenvalue weighted by Crippen LogP contribution is -2.28. The monoisotopic (exact) mass is 140 g/mol. The van der Waals surface area contributed by atoms with Gasteiger partial charge in [0.2, 0.25) is 0 Å². The van der Waals surface area contributed by atoms with E-state index >= 15 is 0 Å². The minimum atomic E-state index is 0.272. The van der Waals surface area contributed by atoms with Gasteiger partial charge in [-0.2, -0.15) is 0 Å². The van der Waals surface area contributed by atoms with E-state index in [4.69, 9.17) is 4.74 Å². The van der Waals surface area contributed by atoms with E-state index in [2.05, 4.69) is 0 Å². The Morgan fingerprint density at radius 3 is 2.80 bits per heavy atom. The van der Waals surface area contributed by atoms with Gasteiger partial charge < -0.3 is 4.74 Å². The van der Waals surface area contributed by atoms with Gasteiger partial charge in [0.15, 0.2) is 0 Å². The Bertz CT molecular complexity index is 149. The topological polar surface area (TPSA) is 26.3 Å². The van der Waals surface area contributed by atoms with Crippen LogP contribution in [-0.2, 0) is 9.53 Å². The average molecular weight is 140 g/mol. The van der Waals surface area contributed by atoms with Crippen LogP contribution in [0.15, 0.2) is 0 Å². The van der Waals surface area contributed by atoms with Crippen LogP contribution in [0.4, 0.5) is 0 Å². The Morgan fingerprint density at radius 1 is 1.40 bits per heavy atom. The molecule has 2 rings (SSSR count). The van der Waals surface area contributed by atoms with Gasteiger partial charge in [-0.25, -0.2) is 0 Å². The lowest BCUT2D eigenvalue weighted by atomic mass is 9.96. The summed E-state index contributed by atoms with van der Waals surface area (Å²) in [6, 6.07) is 0. The summed E-state index contributed by atoms with van der Waals surface area (Å²) in [6.07, 6.45) is 3.15. The minimum Gasteiger partial charge on any atom is -0.380 e. The second-order valence-electron chi connectivity index (χ2n) is 3.24. The van der Waals surface area contributed by atoms with E-state index in [9.17, 15) is 4.79 Å². The van der Waals surface area contributed by atoms with Crippen LogP contribution >= 0.6 is 0 Å². The van der Waals surface area contributed by atoms with Crippen molar-refractivity contribution in [2.24, 2.45) is 11.8 Å². The van der Waals surface area contributed by atoms with Gasteiger partial charge in [-0.1, -0.05) is 0 Å². The highest BCUT2D eigenvalue weighted by Gasteiger charge is 2.37. The summed E-state index contributed by atoms with van der Waals surface area (Å²) in [6.45, 7) is 1.35. The second kappa shape index (κ2) is 2.35. The standard InChI is InChI=1S/C8H12O2/c9-8-3-4-10-5-7(8)6-1-2-6/h6-7H,1-5H2/t7-/m0/s1. The van der Waals surface area contributed by atoms with Crippen LogP contribution in [0.1, 0.15) is 19.3 Å². The van der Waals surface area contributed by atoms with Crippen LogP contribution in [-0.4, -0.2) is 19.0 Å². The number of Topliss-reactive ketones (excluding diaryl/α,β-unsaturated/α-hetero) is 1. The van der Waals surface area contributed by atoms with E-state index in [1.54, 1.807) is 0 Å². The molecule has 1 saturated heterocycles. The van der Waals surface area contributed by atoms with Crippen LogP contribution in [0.2, 0.25) is 0 Å². The number of hydrogen-bond acceptors (Lipinski definition) is 2. The summed E-state index contributed by atoms with van der Waals surface area (Å²) in [5.41, 5.74) is 0. The maximum Gasteiger partial charge on any atom is 0.140 e. The highest BCUT2D eigenvalue weighted by atomic mass is 16.5. The van der Waals surface area contributed by atoms with Crippen molar-refractivity contribution in [2.75, 3.05) is 13.2 Å². The van der Waals surface area contributed by atoms with E-state index in [0.29, 0.717) is 31.3 Å². The predicted molar refractivity (Wildman–Crippen MR) is 36.7 cm³/mol. The van der Waals surface area contributed by atoms with Crippen molar-refractivity contribution in [3.05, 3.63) is 0 Å². The number of carbonyl (C=O) groups excluding carboxylic acids is 1. The number of carbonyl (C=O) groups is 1. The molecule has 0 spiro atoms. The molecule has 0 radical (unpaired) electrons. The Kier molecular flexibility index (Phi) is 1.49. The fraction of sp³-hybridized carbons (Fsp3) is 0.875. The number of ether oxygens (including phenoxy) is 1. The normalized spacial score (nSPS) is 34.4. The Morgan fingerprint density at radius 2 is 2.20 bits per heavy atom. The maximum atomic E-state index is 11.2. The first-order valence-electron chi connectivity index (χ1n) is 3.98. The van der Waals surface area contributed by atoms with Crippen LogP contribution in [0.25, 0.3) is 0 Å². The van der Waals surface area contributed by atoms with Gasteiger partial charge in [0.1, 0.15) is 5.78 Å². The summed E-state index contributed by atoms with van der Waals surface area (Å²) in [5, 5.41) is 0. The fourth-order valence-electron chi connectivity index (χ4n) is 1.56. The molecular weight excluding hydrogens is 128 g/mol. The number of rotatable bonds is 1. The SMILES string of the molecule is O=C1CCOC[C@H]1C1CC1. The predicted octanol–water partition coefficient (Wildman–Crippen LogP) is 1.00. The van der Waals surface area contributed by atoms with E-state index in [-0.39, 0.29) is 5.92 Å². The van der Waals surface area contributed by atoms with Gasteiger partial charge in [-0.3, -0.25) is 4.79 Å². The Hall–Kier alpha value is -0.370. The molecule has 2 heteroatoms. The molecule has 0 bridgehead atoms. The van der Waals surface area contributed by atoms with Crippen molar-refractivity contribution in [3.63, 3.8) is 0 Å². The Labute approximate surface area is 60.6 Å². The van der Waals surface area contributed by atoms with Gasteiger partial charge in [-0.05, 0) is 18.8 Å². The first kappa shape index (κ1) is 6.35. The molecular formula is C8H12O2. The molecule has 0 aromatic carbocycles. The van der Waals surface area contributed by atoms with Gasteiger partial charge in [0.25, 0.3) is 0 Å². The molecule has 0 aromatic heterocycles. The summed E-state index contributed by atoms with van der Waals surface area (Å²) in [4.78, 5) is 11.2. The molecule has 2 fully saturated rings. The summed E-state index contributed by atoms with van der Waals surface area (Å²) in [7, 11) is 0. The van der Waals surface area contributed by atoms with Crippen molar-refractivity contribution in [3.8, 4) is 0 Å². The van der Waals surface area contributed by atoms with Crippen LogP contribution in [0.5, 0.6) is 0 Å². The van der Waals surface area contributed by atoms with E-state index in [1.807, 2.05) is 0 Å². The molecule has 0 aromatic rings. The van der Waals surface area contributed by atoms with E-state index in [1.165, 1.54) is 12.8 Å². The molecule has 10 heavy (non-hydrogen) atoms. The third-order valence-corrected chi connectivity index (χ3v) is 2.39. The zero-order valence-corrected chi connectivity index (χ0v) is 6.01. The van der Waals surface area contributed by atoms with Crippen LogP contribution < -0.4 is 0 Å². The lowest BCUT2D eigenvalue weighted by molar-refractivity contribution is -0.131. The second-order valence-corrected chi connectivity index (χ2v) is 3.24. The summed E-state index contributed by atoms with van der Waals surface area (Å²) in [5.74, 6) is 1.40. The van der Waals surface area contributed by atoms with Gasteiger partial charge in [0, 0.05) is 12.3 Å². The highest BCUT2D eigenvalue weighted by Crippen LogP contribution is 2.38. The smallest absolute Gasteiger partial charge is 0.140 e. The number of ketones is 1. The Balaban J connectivity index is 1.96. The molecule has 1 saturated carbocycles. The zero-order valence-electron chi connectivity index (χ0n) is 6.01.